The van der Waals surface area contributed by atoms with Crippen molar-refractivity contribution >= 4 is 26.6 Å². The van der Waals surface area contributed by atoms with Crippen molar-refractivity contribution in [3.8, 4) is 6.07 Å². The summed E-state index contributed by atoms with van der Waals surface area (Å²) in [4.78, 5) is 10.7. The first-order chi connectivity index (χ1) is 11.9. The molecule has 0 radical (unpaired) electrons. The van der Waals surface area contributed by atoms with Gasteiger partial charge in [-0.1, -0.05) is 12.1 Å². The van der Waals surface area contributed by atoms with Crippen LogP contribution < -0.4 is 4.90 Å². The van der Waals surface area contributed by atoms with Crippen LogP contribution in [0.1, 0.15) is 11.1 Å². The summed E-state index contributed by atoms with van der Waals surface area (Å²) in [5, 5.41) is 9.55. The number of fused-ring (bicyclic) bond motifs is 1. The third kappa shape index (κ3) is 3.59. The number of sulfone groups is 1. The molecule has 2 aromatic carbocycles. The van der Waals surface area contributed by atoms with Crippen molar-refractivity contribution in [3.05, 3.63) is 59.9 Å². The minimum atomic E-state index is -3.31. The van der Waals surface area contributed by atoms with Crippen LogP contribution in [0.2, 0.25) is 0 Å². The van der Waals surface area contributed by atoms with E-state index < -0.39 is 9.84 Å². The maximum atomic E-state index is 11.8. The molecule has 3 rings (SSSR count). The van der Waals surface area contributed by atoms with E-state index >= 15 is 0 Å². The summed E-state index contributed by atoms with van der Waals surface area (Å²) in [6, 6.07) is 14.2. The average molecular weight is 352 g/mol. The van der Waals surface area contributed by atoms with Gasteiger partial charge in [-0.2, -0.15) is 5.26 Å². The van der Waals surface area contributed by atoms with E-state index in [4.69, 9.17) is 5.26 Å². The van der Waals surface area contributed by atoms with E-state index in [2.05, 4.69) is 16.0 Å². The Hall–Kier alpha value is -2.98. The van der Waals surface area contributed by atoms with Crippen molar-refractivity contribution in [2.75, 3.05) is 18.2 Å². The largest absolute Gasteiger partial charge is 0.355 e. The molecule has 0 bridgehead atoms. The van der Waals surface area contributed by atoms with Crippen LogP contribution in [0.4, 0.5) is 5.82 Å². The van der Waals surface area contributed by atoms with Gasteiger partial charge >= 0.3 is 0 Å². The molecule has 0 saturated carbocycles. The van der Waals surface area contributed by atoms with Gasteiger partial charge in [0.05, 0.1) is 22.0 Å². The second kappa shape index (κ2) is 6.49. The molecule has 1 aromatic heterocycles. The number of aromatic nitrogens is 2. The normalized spacial score (nSPS) is 11.2. The van der Waals surface area contributed by atoms with Gasteiger partial charge in [0, 0.05) is 25.2 Å². The Bertz CT molecular complexity index is 1070. The molecule has 0 N–H and O–H groups in total. The fourth-order valence-electron chi connectivity index (χ4n) is 2.59. The summed E-state index contributed by atoms with van der Waals surface area (Å²) in [7, 11) is -1.43. The molecule has 0 amide bonds. The second-order valence-corrected chi connectivity index (χ2v) is 7.83. The first-order valence-corrected chi connectivity index (χ1v) is 9.42. The maximum Gasteiger partial charge on any atom is 0.175 e. The molecule has 0 spiro atoms. The van der Waals surface area contributed by atoms with Crippen molar-refractivity contribution in [2.24, 2.45) is 0 Å². The summed E-state index contributed by atoms with van der Waals surface area (Å²) < 4.78 is 23.7. The number of hydrogen-bond acceptors (Lipinski definition) is 6. The number of nitrogens with zero attached hydrogens (tertiary/aromatic N) is 4. The summed E-state index contributed by atoms with van der Waals surface area (Å²) in [5.74, 6) is 0.653. The van der Waals surface area contributed by atoms with E-state index in [1.807, 2.05) is 24.1 Å². The third-order valence-electron chi connectivity index (χ3n) is 3.88. The number of benzene rings is 2. The standard InChI is InChI=1S/C18H16N4O2S/c1-22(11-14-5-3-13(10-19)4-6-14)18-16-9-15(25(2,23)24)7-8-17(16)20-12-21-18/h3-9,12H,11H2,1-2H3. The number of anilines is 1. The Kier molecular flexibility index (Phi) is 4.38. The molecule has 1 heterocycles. The number of hydrogen-bond donors (Lipinski definition) is 0. The van der Waals surface area contributed by atoms with Crippen LogP contribution in [-0.2, 0) is 16.4 Å². The van der Waals surface area contributed by atoms with E-state index in [1.165, 1.54) is 12.6 Å². The molecule has 0 aliphatic rings. The lowest BCUT2D eigenvalue weighted by Crippen LogP contribution is -2.18. The van der Waals surface area contributed by atoms with Crippen LogP contribution in [0.3, 0.4) is 0 Å². The highest BCUT2D eigenvalue weighted by Crippen LogP contribution is 2.26. The molecular formula is C18H16N4O2S. The molecule has 25 heavy (non-hydrogen) atoms. The van der Waals surface area contributed by atoms with Gasteiger partial charge in [0.2, 0.25) is 0 Å². The van der Waals surface area contributed by atoms with Gasteiger partial charge in [-0.15, -0.1) is 0 Å². The van der Waals surface area contributed by atoms with Gasteiger partial charge in [0.25, 0.3) is 0 Å². The molecule has 0 fully saturated rings. The van der Waals surface area contributed by atoms with Crippen molar-refractivity contribution in [1.29, 1.82) is 5.26 Å². The van der Waals surface area contributed by atoms with Crippen LogP contribution in [0.15, 0.2) is 53.7 Å². The topological polar surface area (TPSA) is 86.9 Å². The first kappa shape index (κ1) is 16.9. The molecule has 7 heteroatoms. The SMILES string of the molecule is CN(Cc1ccc(C#N)cc1)c1ncnc2ccc(S(C)(=O)=O)cc12. The zero-order valence-electron chi connectivity index (χ0n) is 13.8. The van der Waals surface area contributed by atoms with Gasteiger partial charge in [-0.3, -0.25) is 0 Å². The van der Waals surface area contributed by atoms with E-state index in [0.717, 1.165) is 5.56 Å². The van der Waals surface area contributed by atoms with E-state index in [0.29, 0.717) is 28.8 Å². The van der Waals surface area contributed by atoms with Gasteiger partial charge in [0.1, 0.15) is 12.1 Å². The minimum Gasteiger partial charge on any atom is -0.355 e. The fraction of sp³-hybridized carbons (Fsp3) is 0.167. The van der Waals surface area contributed by atoms with Crippen LogP contribution in [-0.4, -0.2) is 31.7 Å². The predicted molar refractivity (Wildman–Crippen MR) is 95.9 cm³/mol. The van der Waals surface area contributed by atoms with Crippen molar-refractivity contribution in [2.45, 2.75) is 11.4 Å². The zero-order valence-corrected chi connectivity index (χ0v) is 14.7. The average Bonchev–Trinajstić information content (AvgIpc) is 2.60. The highest BCUT2D eigenvalue weighted by molar-refractivity contribution is 7.90. The Morgan fingerprint density at radius 2 is 1.84 bits per heavy atom. The molecule has 0 aliphatic carbocycles. The molecule has 6 nitrogen and oxygen atoms in total. The summed E-state index contributed by atoms with van der Waals surface area (Å²) in [5.41, 5.74) is 2.31. The Morgan fingerprint density at radius 1 is 1.12 bits per heavy atom. The first-order valence-electron chi connectivity index (χ1n) is 7.53. The van der Waals surface area contributed by atoms with Gasteiger partial charge in [0.15, 0.2) is 9.84 Å². The quantitative estimate of drug-likeness (QED) is 0.717. The molecule has 0 saturated heterocycles. The molecular weight excluding hydrogens is 336 g/mol. The van der Waals surface area contributed by atoms with Gasteiger partial charge in [-0.05, 0) is 35.9 Å². The molecule has 126 valence electrons. The summed E-state index contributed by atoms with van der Waals surface area (Å²) >= 11 is 0. The maximum absolute atomic E-state index is 11.8. The van der Waals surface area contributed by atoms with Crippen molar-refractivity contribution in [1.82, 2.24) is 9.97 Å². The van der Waals surface area contributed by atoms with Gasteiger partial charge < -0.3 is 4.90 Å². The monoisotopic (exact) mass is 352 g/mol. The highest BCUT2D eigenvalue weighted by atomic mass is 32.2. The van der Waals surface area contributed by atoms with Crippen LogP contribution in [0.25, 0.3) is 10.9 Å². The van der Waals surface area contributed by atoms with E-state index in [9.17, 15) is 8.42 Å². The van der Waals surface area contributed by atoms with Crippen LogP contribution in [0.5, 0.6) is 0 Å². The lowest BCUT2D eigenvalue weighted by atomic mass is 10.1. The van der Waals surface area contributed by atoms with Crippen LogP contribution >= 0.6 is 0 Å². The number of nitriles is 1. The summed E-state index contributed by atoms with van der Waals surface area (Å²) in [6.45, 7) is 0.570. The zero-order chi connectivity index (χ0) is 18.0. The molecule has 3 aromatic rings. The van der Waals surface area contributed by atoms with E-state index in [-0.39, 0.29) is 4.90 Å². The lowest BCUT2D eigenvalue weighted by molar-refractivity contribution is 0.602. The summed E-state index contributed by atoms with van der Waals surface area (Å²) in [6.07, 6.45) is 2.64. The Morgan fingerprint density at radius 3 is 2.48 bits per heavy atom. The third-order valence-corrected chi connectivity index (χ3v) is 4.99. The fourth-order valence-corrected chi connectivity index (χ4v) is 3.24. The Labute approximate surface area is 146 Å². The van der Waals surface area contributed by atoms with Crippen molar-refractivity contribution < 1.29 is 8.42 Å². The predicted octanol–water partition coefficient (Wildman–Crippen LogP) is 2.54. The molecule has 0 unspecified atom stereocenters. The minimum absolute atomic E-state index is 0.239. The molecule has 0 atom stereocenters. The number of rotatable bonds is 4. The molecule has 0 aliphatic heterocycles. The van der Waals surface area contributed by atoms with Crippen molar-refractivity contribution in [3.63, 3.8) is 0 Å². The highest BCUT2D eigenvalue weighted by Gasteiger charge is 2.13. The second-order valence-electron chi connectivity index (χ2n) is 5.81. The lowest BCUT2D eigenvalue weighted by Gasteiger charge is -2.20. The van der Waals surface area contributed by atoms with Crippen LogP contribution in [0, 0.1) is 11.3 Å². The smallest absolute Gasteiger partial charge is 0.175 e. The van der Waals surface area contributed by atoms with Gasteiger partial charge in [-0.25, -0.2) is 18.4 Å². The van der Waals surface area contributed by atoms with E-state index in [1.54, 1.807) is 30.3 Å². The Balaban J connectivity index is 2.00.